The first kappa shape index (κ1) is 20.5. The molecule has 2 heterocycles. The highest BCUT2D eigenvalue weighted by Gasteiger charge is 2.22. The first-order valence-electron chi connectivity index (χ1n) is 9.54. The average molecular weight is 443 g/mol. The van der Waals surface area contributed by atoms with Crippen LogP contribution in [-0.2, 0) is 28.7 Å². The lowest BCUT2D eigenvalue weighted by Gasteiger charge is -2.15. The number of sulfone groups is 1. The predicted octanol–water partition coefficient (Wildman–Crippen LogP) is 3.60. The van der Waals surface area contributed by atoms with Gasteiger partial charge in [-0.05, 0) is 36.8 Å². The average Bonchev–Trinajstić information content (AvgIpc) is 3.30. The van der Waals surface area contributed by atoms with E-state index in [1.54, 1.807) is 12.1 Å². The highest BCUT2D eigenvalue weighted by atomic mass is 32.2. The molecule has 1 atom stereocenters. The van der Waals surface area contributed by atoms with Crippen molar-refractivity contribution in [3.8, 4) is 0 Å². The standard InChI is InChI=1S/C21H22N4O3S2/c1-14(15-5-3-2-4-6-15)23-21(26)24-16-7-9-17(10-8-16)30(27,28)13-20-25-18-11-22-12-19(18)29-20/h2-10,14,22H,11-13H2,1H3,(H2,23,24,26)/t14-/m0/s1. The van der Waals surface area contributed by atoms with Crippen molar-refractivity contribution >= 4 is 32.9 Å². The second-order valence-electron chi connectivity index (χ2n) is 7.10. The van der Waals surface area contributed by atoms with Gasteiger partial charge < -0.3 is 16.0 Å². The van der Waals surface area contributed by atoms with Crippen LogP contribution in [0.5, 0.6) is 0 Å². The molecule has 0 spiro atoms. The number of fused-ring (bicyclic) bond motifs is 1. The third-order valence-electron chi connectivity index (χ3n) is 4.83. The summed E-state index contributed by atoms with van der Waals surface area (Å²) in [5.41, 5.74) is 2.46. The Kier molecular flexibility index (Phi) is 5.85. The van der Waals surface area contributed by atoms with E-state index in [1.807, 2.05) is 37.3 Å². The van der Waals surface area contributed by atoms with E-state index in [4.69, 9.17) is 0 Å². The van der Waals surface area contributed by atoms with Crippen molar-refractivity contribution in [2.75, 3.05) is 5.32 Å². The van der Waals surface area contributed by atoms with Crippen molar-refractivity contribution in [2.24, 2.45) is 0 Å². The molecule has 3 N–H and O–H groups in total. The first-order valence-corrected chi connectivity index (χ1v) is 12.0. The molecule has 7 nitrogen and oxygen atoms in total. The molecule has 2 aromatic carbocycles. The Balaban J connectivity index is 1.37. The van der Waals surface area contributed by atoms with Gasteiger partial charge in [-0.2, -0.15) is 0 Å². The molecule has 0 radical (unpaired) electrons. The second kappa shape index (κ2) is 8.55. The zero-order valence-electron chi connectivity index (χ0n) is 16.4. The Morgan fingerprint density at radius 3 is 2.57 bits per heavy atom. The van der Waals surface area contributed by atoms with Crippen molar-refractivity contribution in [1.82, 2.24) is 15.6 Å². The summed E-state index contributed by atoms with van der Waals surface area (Å²) in [7, 11) is -3.50. The quantitative estimate of drug-likeness (QED) is 0.542. The Labute approximate surface area is 179 Å². The highest BCUT2D eigenvalue weighted by Crippen LogP contribution is 2.26. The fourth-order valence-corrected chi connectivity index (χ4v) is 5.91. The summed E-state index contributed by atoms with van der Waals surface area (Å²) < 4.78 is 25.4. The summed E-state index contributed by atoms with van der Waals surface area (Å²) in [6.07, 6.45) is 0. The number of carbonyl (C=O) groups is 1. The zero-order valence-corrected chi connectivity index (χ0v) is 18.0. The van der Waals surface area contributed by atoms with Gasteiger partial charge in [-0.15, -0.1) is 11.3 Å². The molecular formula is C21H22N4O3S2. The van der Waals surface area contributed by atoms with Crippen LogP contribution in [0.15, 0.2) is 59.5 Å². The van der Waals surface area contributed by atoms with Crippen LogP contribution in [-0.4, -0.2) is 19.4 Å². The SMILES string of the molecule is C[C@H](NC(=O)Nc1ccc(S(=O)(=O)Cc2nc3c(s2)CNC3)cc1)c1ccccc1. The predicted molar refractivity (Wildman–Crippen MR) is 117 cm³/mol. The molecule has 0 unspecified atom stereocenters. The summed E-state index contributed by atoms with van der Waals surface area (Å²) in [6, 6.07) is 15.3. The maximum atomic E-state index is 12.7. The van der Waals surface area contributed by atoms with E-state index < -0.39 is 9.84 Å². The monoisotopic (exact) mass is 442 g/mol. The number of nitrogens with one attached hydrogen (secondary N) is 3. The Morgan fingerprint density at radius 2 is 1.87 bits per heavy atom. The first-order chi connectivity index (χ1) is 14.4. The van der Waals surface area contributed by atoms with Gasteiger partial charge >= 0.3 is 6.03 Å². The fourth-order valence-electron chi connectivity index (χ4n) is 3.25. The lowest BCUT2D eigenvalue weighted by Crippen LogP contribution is -2.31. The van der Waals surface area contributed by atoms with Crippen molar-refractivity contribution in [3.05, 3.63) is 75.7 Å². The van der Waals surface area contributed by atoms with Gasteiger partial charge in [0.05, 0.1) is 16.6 Å². The van der Waals surface area contributed by atoms with Gasteiger partial charge in [-0.1, -0.05) is 30.3 Å². The molecule has 0 saturated heterocycles. The second-order valence-corrected chi connectivity index (χ2v) is 10.3. The van der Waals surface area contributed by atoms with Gasteiger partial charge in [0.15, 0.2) is 9.84 Å². The van der Waals surface area contributed by atoms with E-state index >= 15 is 0 Å². The van der Waals surface area contributed by atoms with E-state index in [0.29, 0.717) is 17.2 Å². The van der Waals surface area contributed by atoms with Crippen LogP contribution in [0.3, 0.4) is 0 Å². The molecule has 0 fully saturated rings. The van der Waals surface area contributed by atoms with Crippen LogP contribution in [0.1, 0.15) is 34.1 Å². The molecular weight excluding hydrogens is 420 g/mol. The topological polar surface area (TPSA) is 100 Å². The van der Waals surface area contributed by atoms with E-state index in [0.717, 1.165) is 22.7 Å². The largest absolute Gasteiger partial charge is 0.331 e. The number of benzene rings is 2. The minimum absolute atomic E-state index is 0.119. The maximum absolute atomic E-state index is 12.7. The minimum Gasteiger partial charge on any atom is -0.331 e. The molecule has 2 amide bonds. The molecule has 1 aliphatic heterocycles. The van der Waals surface area contributed by atoms with E-state index in [-0.39, 0.29) is 22.7 Å². The van der Waals surface area contributed by atoms with Gasteiger partial charge in [0.1, 0.15) is 10.8 Å². The zero-order chi connectivity index (χ0) is 21.1. The summed E-state index contributed by atoms with van der Waals surface area (Å²) in [5.74, 6) is -0.119. The normalized spacial score (nSPS) is 14.2. The number of thiazole rings is 1. The van der Waals surface area contributed by atoms with E-state index in [9.17, 15) is 13.2 Å². The van der Waals surface area contributed by atoms with E-state index in [2.05, 4.69) is 20.9 Å². The smallest absolute Gasteiger partial charge is 0.319 e. The molecule has 1 aliphatic rings. The highest BCUT2D eigenvalue weighted by molar-refractivity contribution is 7.90. The van der Waals surface area contributed by atoms with E-state index in [1.165, 1.54) is 23.5 Å². The number of anilines is 1. The number of urea groups is 1. The third-order valence-corrected chi connectivity index (χ3v) is 7.76. The van der Waals surface area contributed by atoms with Gasteiger partial charge in [-0.3, -0.25) is 0 Å². The number of carbonyl (C=O) groups excluding carboxylic acids is 1. The van der Waals surface area contributed by atoms with Crippen LogP contribution < -0.4 is 16.0 Å². The molecule has 0 bridgehead atoms. The van der Waals surface area contributed by atoms with Crippen molar-refractivity contribution in [1.29, 1.82) is 0 Å². The summed E-state index contributed by atoms with van der Waals surface area (Å²) in [4.78, 5) is 18.0. The molecule has 9 heteroatoms. The molecule has 30 heavy (non-hydrogen) atoms. The van der Waals surface area contributed by atoms with Crippen molar-refractivity contribution < 1.29 is 13.2 Å². The van der Waals surface area contributed by atoms with Crippen molar-refractivity contribution in [3.63, 3.8) is 0 Å². The maximum Gasteiger partial charge on any atom is 0.319 e. The van der Waals surface area contributed by atoms with Crippen molar-refractivity contribution in [2.45, 2.75) is 36.7 Å². The number of rotatable bonds is 6. The summed E-state index contributed by atoms with van der Waals surface area (Å²) in [5, 5.41) is 9.40. The Hall–Kier alpha value is -2.75. The fraction of sp³-hybridized carbons (Fsp3) is 0.238. The van der Waals surface area contributed by atoms with Crippen LogP contribution >= 0.6 is 11.3 Å². The van der Waals surface area contributed by atoms with Gasteiger partial charge in [0, 0.05) is 23.7 Å². The number of aromatic nitrogens is 1. The molecule has 3 aromatic rings. The minimum atomic E-state index is -3.50. The number of amides is 2. The number of hydrogen-bond acceptors (Lipinski definition) is 6. The summed E-state index contributed by atoms with van der Waals surface area (Å²) in [6.45, 7) is 3.34. The molecule has 0 aliphatic carbocycles. The van der Waals surface area contributed by atoms with Gasteiger partial charge in [0.25, 0.3) is 0 Å². The number of nitrogens with zero attached hydrogens (tertiary/aromatic N) is 1. The Bertz CT molecular complexity index is 1120. The summed E-state index contributed by atoms with van der Waals surface area (Å²) >= 11 is 1.44. The molecule has 1 aromatic heterocycles. The van der Waals surface area contributed by atoms with Crippen LogP contribution in [0, 0.1) is 0 Å². The molecule has 4 rings (SSSR count). The van der Waals surface area contributed by atoms with Crippen LogP contribution in [0.4, 0.5) is 10.5 Å². The molecule has 0 saturated carbocycles. The van der Waals surface area contributed by atoms with Gasteiger partial charge in [0.2, 0.25) is 0 Å². The lowest BCUT2D eigenvalue weighted by atomic mass is 10.1. The Morgan fingerprint density at radius 1 is 1.13 bits per heavy atom. The third kappa shape index (κ3) is 4.69. The van der Waals surface area contributed by atoms with Crippen LogP contribution in [0.25, 0.3) is 0 Å². The number of hydrogen-bond donors (Lipinski definition) is 3. The molecule has 156 valence electrons. The van der Waals surface area contributed by atoms with Crippen LogP contribution in [0.2, 0.25) is 0 Å². The van der Waals surface area contributed by atoms with Gasteiger partial charge in [-0.25, -0.2) is 18.2 Å². The lowest BCUT2D eigenvalue weighted by molar-refractivity contribution is 0.249.